The maximum absolute atomic E-state index is 13.8. The molecule has 2 aromatic carbocycles. The molecule has 1 aliphatic heterocycles. The Balaban J connectivity index is 2.11. The fourth-order valence-electron chi connectivity index (χ4n) is 2.70. The maximum Gasteiger partial charge on any atom is 0.269 e. The molecular formula is C17H14F2N2O3S. The monoisotopic (exact) mass is 364 g/mol. The molecule has 0 bridgehead atoms. The highest BCUT2D eigenvalue weighted by Crippen LogP contribution is 2.40. The smallest absolute Gasteiger partial charge is 0.269 e. The van der Waals surface area contributed by atoms with Gasteiger partial charge in [-0.3, -0.25) is 4.79 Å². The zero-order valence-electron chi connectivity index (χ0n) is 13.4. The van der Waals surface area contributed by atoms with Crippen molar-refractivity contribution >= 4 is 27.1 Å². The predicted molar refractivity (Wildman–Crippen MR) is 89.2 cm³/mol. The minimum Gasteiger partial charge on any atom is -0.376 e. The SMILES string of the molecule is CN(C)C1=C(C(=O)Nc2ccc(F)cc2F)S(=O)(=O)c2ccccc21. The molecule has 1 amide bonds. The third-order valence-corrected chi connectivity index (χ3v) is 5.60. The van der Waals surface area contributed by atoms with Gasteiger partial charge in [0.15, 0.2) is 4.91 Å². The van der Waals surface area contributed by atoms with Crippen LogP contribution in [0.5, 0.6) is 0 Å². The lowest BCUT2D eigenvalue weighted by molar-refractivity contribution is -0.112. The number of hydrogen-bond acceptors (Lipinski definition) is 4. The van der Waals surface area contributed by atoms with Gasteiger partial charge < -0.3 is 10.2 Å². The van der Waals surface area contributed by atoms with Gasteiger partial charge in [0.2, 0.25) is 9.84 Å². The molecule has 130 valence electrons. The minimum atomic E-state index is -4.05. The molecule has 1 heterocycles. The Bertz CT molecular complexity index is 1010. The largest absolute Gasteiger partial charge is 0.376 e. The van der Waals surface area contributed by atoms with E-state index < -0.39 is 32.3 Å². The fraction of sp³-hybridized carbons (Fsp3) is 0.118. The van der Waals surface area contributed by atoms with Crippen molar-refractivity contribution in [3.8, 4) is 0 Å². The molecule has 0 atom stereocenters. The molecule has 0 aromatic heterocycles. The average molecular weight is 364 g/mol. The van der Waals surface area contributed by atoms with E-state index in [1.165, 1.54) is 11.0 Å². The summed E-state index contributed by atoms with van der Waals surface area (Å²) in [5.74, 6) is -2.77. The number of sulfone groups is 1. The van der Waals surface area contributed by atoms with Crippen molar-refractivity contribution in [2.75, 3.05) is 19.4 Å². The number of anilines is 1. The topological polar surface area (TPSA) is 66.5 Å². The summed E-state index contributed by atoms with van der Waals surface area (Å²) in [5, 5.41) is 2.21. The Morgan fingerprint density at radius 3 is 2.40 bits per heavy atom. The molecule has 0 radical (unpaired) electrons. The number of amides is 1. The summed E-state index contributed by atoms with van der Waals surface area (Å²) in [6.07, 6.45) is 0. The highest BCUT2D eigenvalue weighted by atomic mass is 32.2. The number of carbonyl (C=O) groups is 1. The molecule has 0 aliphatic carbocycles. The molecule has 3 rings (SSSR count). The van der Waals surface area contributed by atoms with Crippen LogP contribution < -0.4 is 5.32 Å². The summed E-state index contributed by atoms with van der Waals surface area (Å²) < 4.78 is 52.3. The number of fused-ring (bicyclic) bond motifs is 1. The number of nitrogens with one attached hydrogen (secondary N) is 1. The predicted octanol–water partition coefficient (Wildman–Crippen LogP) is 2.62. The van der Waals surface area contributed by atoms with E-state index in [9.17, 15) is 22.0 Å². The fourth-order valence-corrected chi connectivity index (χ4v) is 4.47. The number of nitrogens with zero attached hydrogens (tertiary/aromatic N) is 1. The number of benzene rings is 2. The van der Waals surface area contributed by atoms with Crippen LogP contribution in [0.1, 0.15) is 5.56 Å². The van der Waals surface area contributed by atoms with Gasteiger partial charge in [-0.1, -0.05) is 18.2 Å². The molecule has 1 aliphatic rings. The van der Waals surface area contributed by atoms with Crippen LogP contribution in [0, 0.1) is 11.6 Å². The van der Waals surface area contributed by atoms with Crippen molar-refractivity contribution in [1.82, 2.24) is 4.90 Å². The molecular weight excluding hydrogens is 350 g/mol. The van der Waals surface area contributed by atoms with E-state index in [0.29, 0.717) is 11.6 Å². The molecule has 0 saturated heterocycles. The van der Waals surface area contributed by atoms with E-state index in [1.807, 2.05) is 0 Å². The molecule has 25 heavy (non-hydrogen) atoms. The number of halogens is 2. The molecule has 0 spiro atoms. The highest BCUT2D eigenvalue weighted by molar-refractivity contribution is 7.97. The minimum absolute atomic E-state index is 0.0171. The standard InChI is InChI=1S/C17H14F2N2O3S/c1-21(2)15-11-5-3-4-6-14(11)25(23,24)16(15)17(22)20-13-8-7-10(18)9-12(13)19/h3-9H,1-2H3,(H,20,22). The van der Waals surface area contributed by atoms with Gasteiger partial charge in [0.05, 0.1) is 16.3 Å². The molecule has 5 nitrogen and oxygen atoms in total. The zero-order chi connectivity index (χ0) is 18.4. The van der Waals surface area contributed by atoms with Gasteiger partial charge in [-0.25, -0.2) is 17.2 Å². The number of hydrogen-bond donors (Lipinski definition) is 1. The third kappa shape index (κ3) is 2.78. The van der Waals surface area contributed by atoms with Crippen LogP contribution in [-0.2, 0) is 14.6 Å². The first-order chi connectivity index (χ1) is 11.7. The summed E-state index contributed by atoms with van der Waals surface area (Å²) in [7, 11) is -0.832. The molecule has 1 N–H and O–H groups in total. The van der Waals surface area contributed by atoms with Crippen LogP contribution in [0.4, 0.5) is 14.5 Å². The summed E-state index contributed by atoms with van der Waals surface area (Å²) in [6.45, 7) is 0. The molecule has 0 fully saturated rings. The van der Waals surface area contributed by atoms with Crippen molar-refractivity contribution in [1.29, 1.82) is 0 Å². The van der Waals surface area contributed by atoms with Crippen LogP contribution in [0.2, 0.25) is 0 Å². The van der Waals surface area contributed by atoms with Crippen molar-refractivity contribution in [2.24, 2.45) is 0 Å². The van der Waals surface area contributed by atoms with E-state index >= 15 is 0 Å². The number of rotatable bonds is 3. The third-order valence-electron chi connectivity index (χ3n) is 3.75. The molecule has 2 aromatic rings. The van der Waals surface area contributed by atoms with Gasteiger partial charge in [0, 0.05) is 25.7 Å². The lowest BCUT2D eigenvalue weighted by atomic mass is 10.1. The van der Waals surface area contributed by atoms with Gasteiger partial charge in [-0.2, -0.15) is 0 Å². The van der Waals surface area contributed by atoms with E-state index in [4.69, 9.17) is 0 Å². The lowest BCUT2D eigenvalue weighted by Crippen LogP contribution is -2.22. The first kappa shape index (κ1) is 17.1. The molecule has 8 heteroatoms. The summed E-state index contributed by atoms with van der Waals surface area (Å²) >= 11 is 0. The van der Waals surface area contributed by atoms with Crippen LogP contribution in [0.25, 0.3) is 5.70 Å². The van der Waals surface area contributed by atoms with Gasteiger partial charge in [-0.15, -0.1) is 0 Å². The average Bonchev–Trinajstić information content (AvgIpc) is 2.78. The van der Waals surface area contributed by atoms with Gasteiger partial charge in [-0.05, 0) is 18.2 Å². The second kappa shape index (κ2) is 5.96. The van der Waals surface area contributed by atoms with Crippen molar-refractivity contribution in [3.63, 3.8) is 0 Å². The van der Waals surface area contributed by atoms with E-state index in [2.05, 4.69) is 5.32 Å². The van der Waals surface area contributed by atoms with Gasteiger partial charge >= 0.3 is 0 Å². The van der Waals surface area contributed by atoms with Crippen molar-refractivity contribution in [3.05, 3.63) is 64.6 Å². The van der Waals surface area contributed by atoms with Gasteiger partial charge in [0.1, 0.15) is 11.6 Å². The number of carbonyl (C=O) groups excluding carboxylic acids is 1. The maximum atomic E-state index is 13.8. The van der Waals surface area contributed by atoms with E-state index in [-0.39, 0.29) is 16.3 Å². The Morgan fingerprint density at radius 2 is 1.76 bits per heavy atom. The molecule has 0 saturated carbocycles. The first-order valence-corrected chi connectivity index (χ1v) is 8.74. The summed E-state index contributed by atoms with van der Waals surface area (Å²) in [5.41, 5.74) is 0.316. The van der Waals surface area contributed by atoms with Gasteiger partial charge in [0.25, 0.3) is 5.91 Å². The van der Waals surface area contributed by atoms with Crippen LogP contribution in [-0.4, -0.2) is 33.3 Å². The zero-order valence-corrected chi connectivity index (χ0v) is 14.2. The lowest BCUT2D eigenvalue weighted by Gasteiger charge is -2.16. The van der Waals surface area contributed by atoms with Crippen LogP contribution in [0.15, 0.2) is 52.3 Å². The Morgan fingerprint density at radius 1 is 1.08 bits per heavy atom. The Hall–Kier alpha value is -2.74. The normalized spacial score (nSPS) is 15.0. The van der Waals surface area contributed by atoms with Crippen LogP contribution >= 0.6 is 0 Å². The Labute approximate surface area is 143 Å². The first-order valence-electron chi connectivity index (χ1n) is 7.26. The van der Waals surface area contributed by atoms with Crippen LogP contribution in [0.3, 0.4) is 0 Å². The van der Waals surface area contributed by atoms with E-state index in [1.54, 1.807) is 32.3 Å². The second-order valence-electron chi connectivity index (χ2n) is 5.65. The van der Waals surface area contributed by atoms with Crippen molar-refractivity contribution in [2.45, 2.75) is 4.90 Å². The van der Waals surface area contributed by atoms with E-state index in [0.717, 1.165) is 12.1 Å². The highest BCUT2D eigenvalue weighted by Gasteiger charge is 2.40. The molecule has 0 unspecified atom stereocenters. The summed E-state index contributed by atoms with van der Waals surface area (Å²) in [6, 6.07) is 8.84. The summed E-state index contributed by atoms with van der Waals surface area (Å²) in [4.78, 5) is 13.7. The Kier molecular flexibility index (Phi) is 4.08. The van der Waals surface area contributed by atoms with Crippen molar-refractivity contribution < 1.29 is 22.0 Å². The second-order valence-corrected chi connectivity index (χ2v) is 7.50. The quantitative estimate of drug-likeness (QED) is 0.909.